The standard InChI is InChI=1S/C22H24N6O2/c1-30-21-10-17-13-27(22(29)18-11-23-7-8-24-18)12-16(17)9-20(21)28-14-19(25-26-28)15-5-3-2-4-6-15/h2-8,11,14,16-17,20-21H,9-10,12-13H2,1H3/t16-,17+,20-,21-/m1/s1. The molecule has 2 fully saturated rings. The largest absolute Gasteiger partial charge is 0.379 e. The fraction of sp³-hybridized carbons (Fsp3) is 0.409. The Kier molecular flexibility index (Phi) is 5.00. The summed E-state index contributed by atoms with van der Waals surface area (Å²) in [5.41, 5.74) is 2.31. The Labute approximate surface area is 174 Å². The van der Waals surface area contributed by atoms with Crippen LogP contribution in [0.25, 0.3) is 11.3 Å². The number of hydrogen-bond acceptors (Lipinski definition) is 6. The molecule has 0 N–H and O–H groups in total. The predicted octanol–water partition coefficient (Wildman–Crippen LogP) is 2.47. The molecule has 2 aromatic heterocycles. The first kappa shape index (κ1) is 18.9. The van der Waals surface area contributed by atoms with Crippen molar-refractivity contribution in [1.82, 2.24) is 29.9 Å². The first-order chi connectivity index (χ1) is 14.7. The summed E-state index contributed by atoms with van der Waals surface area (Å²) in [5, 5.41) is 8.79. The molecule has 1 aliphatic heterocycles. The molecule has 8 heteroatoms. The molecule has 1 saturated heterocycles. The van der Waals surface area contributed by atoms with Crippen molar-refractivity contribution in [2.45, 2.75) is 25.0 Å². The molecular weight excluding hydrogens is 380 g/mol. The van der Waals surface area contributed by atoms with Crippen molar-refractivity contribution in [2.75, 3.05) is 20.2 Å². The lowest BCUT2D eigenvalue weighted by Gasteiger charge is -2.36. The third-order valence-electron chi connectivity index (χ3n) is 6.38. The van der Waals surface area contributed by atoms with Crippen LogP contribution in [0.1, 0.15) is 29.4 Å². The minimum absolute atomic E-state index is 0.0446. The van der Waals surface area contributed by atoms with Gasteiger partial charge in [0.25, 0.3) is 5.91 Å². The average Bonchev–Trinajstić information content (AvgIpc) is 3.46. The lowest BCUT2D eigenvalue weighted by atomic mass is 9.77. The van der Waals surface area contributed by atoms with E-state index in [1.54, 1.807) is 19.5 Å². The highest BCUT2D eigenvalue weighted by atomic mass is 16.5. The number of likely N-dealkylation sites (tertiary alicyclic amines) is 1. The van der Waals surface area contributed by atoms with Crippen molar-refractivity contribution in [3.8, 4) is 11.3 Å². The molecule has 4 atom stereocenters. The highest BCUT2D eigenvalue weighted by Gasteiger charge is 2.45. The summed E-state index contributed by atoms with van der Waals surface area (Å²) in [6.45, 7) is 1.46. The second-order valence-electron chi connectivity index (χ2n) is 8.08. The van der Waals surface area contributed by atoms with Crippen LogP contribution in [0, 0.1) is 11.8 Å². The first-order valence-corrected chi connectivity index (χ1v) is 10.3. The summed E-state index contributed by atoms with van der Waals surface area (Å²) in [4.78, 5) is 22.9. The van der Waals surface area contributed by atoms with Crippen LogP contribution < -0.4 is 0 Å². The maximum absolute atomic E-state index is 12.8. The second-order valence-corrected chi connectivity index (χ2v) is 8.08. The zero-order valence-electron chi connectivity index (χ0n) is 16.8. The Hall–Kier alpha value is -3.13. The highest BCUT2D eigenvalue weighted by molar-refractivity contribution is 5.92. The SMILES string of the molecule is CO[C@@H]1C[C@H]2CN(C(=O)c3cnccn3)C[C@H]2C[C@H]1n1cc(-c2ccccc2)nn1. The molecule has 8 nitrogen and oxygen atoms in total. The molecule has 1 amide bonds. The number of carbonyl (C=O) groups is 1. The van der Waals surface area contributed by atoms with E-state index in [1.807, 2.05) is 46.1 Å². The highest BCUT2D eigenvalue weighted by Crippen LogP contribution is 2.42. The van der Waals surface area contributed by atoms with Crippen LogP contribution in [0.3, 0.4) is 0 Å². The van der Waals surface area contributed by atoms with E-state index in [-0.39, 0.29) is 18.1 Å². The van der Waals surface area contributed by atoms with Gasteiger partial charge in [0, 0.05) is 38.2 Å². The van der Waals surface area contributed by atoms with E-state index in [0.29, 0.717) is 17.5 Å². The first-order valence-electron chi connectivity index (χ1n) is 10.3. The van der Waals surface area contributed by atoms with Gasteiger partial charge in [-0.05, 0) is 24.7 Å². The van der Waals surface area contributed by atoms with Crippen LogP contribution >= 0.6 is 0 Å². The normalized spacial score (nSPS) is 25.8. The summed E-state index contributed by atoms with van der Waals surface area (Å²) in [7, 11) is 1.75. The number of nitrogens with zero attached hydrogens (tertiary/aromatic N) is 6. The van der Waals surface area contributed by atoms with Crippen LogP contribution in [0.4, 0.5) is 0 Å². The number of amides is 1. The molecule has 5 rings (SSSR count). The van der Waals surface area contributed by atoms with E-state index in [4.69, 9.17) is 4.74 Å². The van der Waals surface area contributed by atoms with Gasteiger partial charge in [-0.1, -0.05) is 35.5 Å². The number of rotatable bonds is 4. The molecule has 0 spiro atoms. The lowest BCUT2D eigenvalue weighted by Crippen LogP contribution is -2.37. The van der Waals surface area contributed by atoms with Crippen molar-refractivity contribution in [3.63, 3.8) is 0 Å². The van der Waals surface area contributed by atoms with E-state index in [0.717, 1.165) is 37.2 Å². The molecule has 1 aliphatic carbocycles. The zero-order chi connectivity index (χ0) is 20.5. The van der Waals surface area contributed by atoms with Crippen LogP contribution in [-0.4, -0.2) is 62.1 Å². The number of hydrogen-bond donors (Lipinski definition) is 0. The molecule has 3 heterocycles. The van der Waals surface area contributed by atoms with Gasteiger partial charge >= 0.3 is 0 Å². The zero-order valence-corrected chi connectivity index (χ0v) is 16.8. The summed E-state index contributed by atoms with van der Waals surface area (Å²) < 4.78 is 7.79. The van der Waals surface area contributed by atoms with Crippen molar-refractivity contribution >= 4 is 5.91 Å². The third kappa shape index (κ3) is 3.47. The summed E-state index contributed by atoms with van der Waals surface area (Å²) in [6.07, 6.45) is 8.53. The minimum atomic E-state index is -0.0462. The van der Waals surface area contributed by atoms with Gasteiger partial charge in [0.15, 0.2) is 0 Å². The van der Waals surface area contributed by atoms with Gasteiger partial charge in [0.2, 0.25) is 0 Å². The van der Waals surface area contributed by atoms with Crippen molar-refractivity contribution in [2.24, 2.45) is 11.8 Å². The molecular formula is C22H24N6O2. The molecule has 0 unspecified atom stereocenters. The summed E-state index contributed by atoms with van der Waals surface area (Å²) in [5.74, 6) is 0.783. The predicted molar refractivity (Wildman–Crippen MR) is 109 cm³/mol. The minimum Gasteiger partial charge on any atom is -0.379 e. The van der Waals surface area contributed by atoms with E-state index in [2.05, 4.69) is 20.3 Å². The Morgan fingerprint density at radius 3 is 2.63 bits per heavy atom. The number of aromatic nitrogens is 5. The second kappa shape index (κ2) is 7.95. The van der Waals surface area contributed by atoms with Crippen LogP contribution in [-0.2, 0) is 4.74 Å². The fourth-order valence-electron chi connectivity index (χ4n) is 4.84. The number of methoxy groups -OCH3 is 1. The Bertz CT molecular complexity index is 1010. The summed E-state index contributed by atoms with van der Waals surface area (Å²) in [6, 6.07) is 10.2. The van der Waals surface area contributed by atoms with E-state index >= 15 is 0 Å². The quantitative estimate of drug-likeness (QED) is 0.664. The molecule has 1 aromatic carbocycles. The van der Waals surface area contributed by atoms with Gasteiger partial charge in [-0.15, -0.1) is 5.10 Å². The van der Waals surface area contributed by atoms with Crippen molar-refractivity contribution < 1.29 is 9.53 Å². The number of ether oxygens (including phenoxy) is 1. The maximum atomic E-state index is 12.8. The molecule has 1 saturated carbocycles. The third-order valence-corrected chi connectivity index (χ3v) is 6.38. The van der Waals surface area contributed by atoms with Gasteiger partial charge in [-0.2, -0.15) is 0 Å². The smallest absolute Gasteiger partial charge is 0.274 e. The van der Waals surface area contributed by atoms with Gasteiger partial charge in [-0.3, -0.25) is 9.78 Å². The molecule has 3 aromatic rings. The van der Waals surface area contributed by atoms with Gasteiger partial charge < -0.3 is 9.64 Å². The monoisotopic (exact) mass is 404 g/mol. The van der Waals surface area contributed by atoms with Gasteiger partial charge in [0.05, 0.1) is 24.5 Å². The average molecular weight is 404 g/mol. The van der Waals surface area contributed by atoms with Crippen LogP contribution in [0.2, 0.25) is 0 Å². The van der Waals surface area contributed by atoms with Crippen molar-refractivity contribution in [3.05, 3.63) is 60.8 Å². The molecule has 154 valence electrons. The molecule has 2 aliphatic rings. The maximum Gasteiger partial charge on any atom is 0.274 e. The number of carbonyl (C=O) groups excluding carboxylic acids is 1. The van der Waals surface area contributed by atoms with Gasteiger partial charge in [0.1, 0.15) is 11.4 Å². The van der Waals surface area contributed by atoms with E-state index in [9.17, 15) is 4.79 Å². The van der Waals surface area contributed by atoms with Crippen LogP contribution in [0.5, 0.6) is 0 Å². The summed E-state index contributed by atoms with van der Waals surface area (Å²) >= 11 is 0. The number of benzene rings is 1. The number of fused-ring (bicyclic) bond motifs is 1. The van der Waals surface area contributed by atoms with Crippen LogP contribution in [0.15, 0.2) is 55.1 Å². The van der Waals surface area contributed by atoms with E-state index < -0.39 is 0 Å². The fourth-order valence-corrected chi connectivity index (χ4v) is 4.84. The lowest BCUT2D eigenvalue weighted by molar-refractivity contribution is -0.00545. The molecule has 30 heavy (non-hydrogen) atoms. The van der Waals surface area contributed by atoms with E-state index in [1.165, 1.54) is 6.20 Å². The Balaban J connectivity index is 1.33. The topological polar surface area (TPSA) is 86.0 Å². The van der Waals surface area contributed by atoms with Gasteiger partial charge in [-0.25, -0.2) is 9.67 Å². The Morgan fingerprint density at radius 1 is 1.10 bits per heavy atom. The Morgan fingerprint density at radius 2 is 1.90 bits per heavy atom. The molecule has 0 radical (unpaired) electrons. The van der Waals surface area contributed by atoms with Crippen molar-refractivity contribution in [1.29, 1.82) is 0 Å². The molecule has 0 bridgehead atoms.